The Hall–Kier alpha value is -2.63. The second-order valence-corrected chi connectivity index (χ2v) is 7.02. The zero-order valence-electron chi connectivity index (χ0n) is 15.1. The highest BCUT2D eigenvalue weighted by atomic mass is 16.5. The number of aromatic nitrogens is 5. The first-order valence-corrected chi connectivity index (χ1v) is 8.78. The van der Waals surface area contributed by atoms with Crippen molar-refractivity contribution in [3.63, 3.8) is 0 Å². The van der Waals surface area contributed by atoms with Crippen LogP contribution in [0.15, 0.2) is 30.7 Å². The third-order valence-corrected chi connectivity index (χ3v) is 4.57. The molecule has 0 saturated heterocycles. The van der Waals surface area contributed by atoms with Crippen molar-refractivity contribution in [1.29, 1.82) is 0 Å². The molecule has 0 aliphatic carbocycles. The van der Waals surface area contributed by atoms with Gasteiger partial charge in [-0.25, -0.2) is 14.6 Å². The maximum atomic E-state index is 5.92. The Morgan fingerprint density at radius 3 is 2.72 bits per heavy atom. The third kappa shape index (κ3) is 2.71. The molecule has 2 aromatic heterocycles. The predicted molar refractivity (Wildman–Crippen MR) is 96.6 cm³/mol. The Morgan fingerprint density at radius 2 is 1.96 bits per heavy atom. The van der Waals surface area contributed by atoms with Crippen LogP contribution in [-0.2, 0) is 6.54 Å². The van der Waals surface area contributed by atoms with Gasteiger partial charge in [0.2, 0.25) is 0 Å². The van der Waals surface area contributed by atoms with Crippen LogP contribution in [0.25, 0.3) is 22.9 Å². The van der Waals surface area contributed by atoms with Crippen molar-refractivity contribution in [2.75, 3.05) is 6.61 Å². The molecule has 0 unspecified atom stereocenters. The highest BCUT2D eigenvalue weighted by Crippen LogP contribution is 2.35. The van der Waals surface area contributed by atoms with Crippen molar-refractivity contribution in [3.8, 4) is 28.7 Å². The summed E-state index contributed by atoms with van der Waals surface area (Å²) >= 11 is 0. The largest absolute Gasteiger partial charge is 0.491 e. The summed E-state index contributed by atoms with van der Waals surface area (Å²) in [5, 5.41) is 4.33. The molecule has 1 aromatic carbocycles. The fraction of sp³-hybridized carbons (Fsp3) is 0.421. The van der Waals surface area contributed by atoms with Crippen molar-refractivity contribution in [2.24, 2.45) is 0 Å². The lowest BCUT2D eigenvalue weighted by atomic mass is 10.00. The summed E-state index contributed by atoms with van der Waals surface area (Å²) < 4.78 is 9.99. The zero-order valence-corrected chi connectivity index (χ0v) is 15.1. The molecular formula is C19H23N5O. The molecule has 0 saturated carbocycles. The molecule has 3 aromatic rings. The monoisotopic (exact) mass is 337 g/mol. The molecule has 0 fully saturated rings. The third-order valence-electron chi connectivity index (χ3n) is 4.57. The average Bonchev–Trinajstić information content (AvgIpc) is 3.18. The van der Waals surface area contributed by atoms with Gasteiger partial charge in [0.05, 0.1) is 12.1 Å². The van der Waals surface area contributed by atoms with E-state index >= 15 is 0 Å². The van der Waals surface area contributed by atoms with E-state index in [1.165, 1.54) is 5.56 Å². The van der Waals surface area contributed by atoms with Crippen LogP contribution in [0.4, 0.5) is 0 Å². The van der Waals surface area contributed by atoms with E-state index in [1.54, 1.807) is 6.33 Å². The summed E-state index contributed by atoms with van der Waals surface area (Å²) in [5.41, 5.74) is 3.18. The first kappa shape index (κ1) is 15.9. The Labute approximate surface area is 147 Å². The number of rotatable bonds is 3. The smallest absolute Gasteiger partial charge is 0.178 e. The van der Waals surface area contributed by atoms with E-state index in [0.717, 1.165) is 35.2 Å². The van der Waals surface area contributed by atoms with Crippen molar-refractivity contribution < 1.29 is 4.74 Å². The fourth-order valence-corrected chi connectivity index (χ4v) is 3.18. The predicted octanol–water partition coefficient (Wildman–Crippen LogP) is 3.91. The lowest BCUT2D eigenvalue weighted by molar-refractivity contribution is 0.306. The molecule has 0 spiro atoms. The van der Waals surface area contributed by atoms with Gasteiger partial charge < -0.3 is 9.30 Å². The van der Waals surface area contributed by atoms with Gasteiger partial charge in [0.15, 0.2) is 5.82 Å². The molecular weight excluding hydrogens is 314 g/mol. The maximum absolute atomic E-state index is 5.92. The maximum Gasteiger partial charge on any atom is 0.178 e. The number of benzene rings is 1. The summed E-state index contributed by atoms with van der Waals surface area (Å²) in [6.07, 6.45) is 3.65. The number of nitrogens with zero attached hydrogens (tertiary/aromatic N) is 5. The van der Waals surface area contributed by atoms with E-state index in [4.69, 9.17) is 9.72 Å². The summed E-state index contributed by atoms with van der Waals surface area (Å²) in [7, 11) is 0. The second-order valence-electron chi connectivity index (χ2n) is 7.02. The van der Waals surface area contributed by atoms with E-state index in [2.05, 4.69) is 66.7 Å². The molecule has 25 heavy (non-hydrogen) atoms. The number of fused-ring (bicyclic) bond motifs is 3. The topological polar surface area (TPSA) is 57.8 Å². The number of ether oxygens (including phenoxy) is 1. The molecule has 3 heterocycles. The standard InChI is InChI=1S/C19H23N5O/c1-12(2)14-5-6-17-15(9-14)18-22-16(10-23(18)7-8-25-17)19-20-11-21-24(19)13(3)4/h5-6,9-13H,7-8H2,1-4H3. The van der Waals surface area contributed by atoms with Gasteiger partial charge in [0, 0.05) is 12.2 Å². The van der Waals surface area contributed by atoms with E-state index in [1.807, 2.05) is 4.68 Å². The molecule has 0 N–H and O–H groups in total. The minimum absolute atomic E-state index is 0.238. The van der Waals surface area contributed by atoms with Crippen molar-refractivity contribution >= 4 is 0 Å². The summed E-state index contributed by atoms with van der Waals surface area (Å²) in [6, 6.07) is 6.63. The first-order chi connectivity index (χ1) is 12.0. The van der Waals surface area contributed by atoms with Crippen LogP contribution in [0.2, 0.25) is 0 Å². The molecule has 0 radical (unpaired) electrons. The summed E-state index contributed by atoms with van der Waals surface area (Å²) in [5.74, 6) is 3.09. The molecule has 0 bridgehead atoms. The number of hydrogen-bond donors (Lipinski definition) is 0. The second kappa shape index (κ2) is 6.02. The molecule has 6 heteroatoms. The van der Waals surface area contributed by atoms with Crippen LogP contribution in [0.3, 0.4) is 0 Å². The number of hydrogen-bond acceptors (Lipinski definition) is 4. The Kier molecular flexibility index (Phi) is 3.82. The highest BCUT2D eigenvalue weighted by Gasteiger charge is 2.22. The highest BCUT2D eigenvalue weighted by molar-refractivity contribution is 5.69. The van der Waals surface area contributed by atoms with Crippen molar-refractivity contribution in [2.45, 2.75) is 46.2 Å². The van der Waals surface area contributed by atoms with E-state index < -0.39 is 0 Å². The lowest BCUT2D eigenvalue weighted by Gasteiger charge is -2.11. The quantitative estimate of drug-likeness (QED) is 0.727. The molecule has 0 atom stereocenters. The SMILES string of the molecule is CC(C)c1ccc2c(c1)-c1nc(-c3ncnn3C(C)C)cn1CCO2. The van der Waals surface area contributed by atoms with Gasteiger partial charge in [-0.3, -0.25) is 0 Å². The van der Waals surface area contributed by atoms with E-state index in [-0.39, 0.29) is 6.04 Å². The average molecular weight is 337 g/mol. The van der Waals surface area contributed by atoms with Gasteiger partial charge in [0.1, 0.15) is 30.2 Å². The van der Waals surface area contributed by atoms with Gasteiger partial charge >= 0.3 is 0 Å². The van der Waals surface area contributed by atoms with Crippen molar-refractivity contribution in [3.05, 3.63) is 36.3 Å². The molecule has 4 rings (SSSR count). The normalized spacial score (nSPS) is 13.5. The molecule has 130 valence electrons. The van der Waals surface area contributed by atoms with E-state index in [0.29, 0.717) is 12.5 Å². The fourth-order valence-electron chi connectivity index (χ4n) is 3.18. The van der Waals surface area contributed by atoms with Gasteiger partial charge in [-0.15, -0.1) is 0 Å². The van der Waals surface area contributed by atoms with Gasteiger partial charge in [0.25, 0.3) is 0 Å². The van der Waals surface area contributed by atoms with Crippen molar-refractivity contribution in [1.82, 2.24) is 24.3 Å². The van der Waals surface area contributed by atoms with Crippen LogP contribution in [0.5, 0.6) is 5.75 Å². The molecule has 1 aliphatic rings. The summed E-state index contributed by atoms with van der Waals surface area (Å²) in [6.45, 7) is 9.98. The Balaban J connectivity index is 1.85. The van der Waals surface area contributed by atoms with E-state index in [9.17, 15) is 0 Å². The van der Waals surface area contributed by atoms with Crippen LogP contribution in [0, 0.1) is 0 Å². The zero-order chi connectivity index (χ0) is 17.6. The molecule has 6 nitrogen and oxygen atoms in total. The van der Waals surface area contributed by atoms with Crippen LogP contribution in [0.1, 0.15) is 45.2 Å². The van der Waals surface area contributed by atoms with Crippen LogP contribution < -0.4 is 4.74 Å². The van der Waals surface area contributed by atoms with Gasteiger partial charge in [-0.05, 0) is 37.5 Å². The molecule has 0 amide bonds. The van der Waals surface area contributed by atoms with Gasteiger partial charge in [-0.1, -0.05) is 19.9 Å². The minimum atomic E-state index is 0.238. The van der Waals surface area contributed by atoms with Crippen LogP contribution in [-0.4, -0.2) is 30.9 Å². The Bertz CT molecular complexity index is 906. The Morgan fingerprint density at radius 1 is 1.12 bits per heavy atom. The lowest BCUT2D eigenvalue weighted by Crippen LogP contribution is -2.06. The van der Waals surface area contributed by atoms with Crippen LogP contribution >= 0.6 is 0 Å². The first-order valence-electron chi connectivity index (χ1n) is 8.78. The molecule has 1 aliphatic heterocycles. The number of imidazole rings is 1. The van der Waals surface area contributed by atoms with Gasteiger partial charge in [-0.2, -0.15) is 5.10 Å². The summed E-state index contributed by atoms with van der Waals surface area (Å²) in [4.78, 5) is 9.32. The minimum Gasteiger partial charge on any atom is -0.491 e.